The van der Waals surface area contributed by atoms with Gasteiger partial charge in [-0.15, -0.1) is 11.3 Å². The van der Waals surface area contributed by atoms with E-state index in [-0.39, 0.29) is 5.84 Å². The van der Waals surface area contributed by atoms with Crippen LogP contribution in [0, 0.1) is 0 Å². The standard InChI is InChI=1S/C18H18N6O2S/c1-25-23-16(19)12-5-3-11(4-6-12)15-10-22-18(27-15)14-8-7-13(9-21-14)17(20)24-26-2/h3-10H,1-2H3,(H2,19,23)(H2,20,24). The molecular weight excluding hydrogens is 364 g/mol. The first kappa shape index (κ1) is 18.3. The third kappa shape index (κ3) is 4.21. The van der Waals surface area contributed by atoms with Crippen molar-refractivity contribution >= 4 is 23.0 Å². The molecule has 27 heavy (non-hydrogen) atoms. The Bertz CT molecular complexity index is 886. The molecule has 8 nitrogen and oxygen atoms in total. The van der Waals surface area contributed by atoms with Crippen LogP contribution < -0.4 is 11.5 Å². The lowest BCUT2D eigenvalue weighted by Crippen LogP contribution is -2.13. The Morgan fingerprint density at radius 2 is 1.48 bits per heavy atom. The van der Waals surface area contributed by atoms with E-state index in [0.29, 0.717) is 11.4 Å². The number of thiazole rings is 1. The molecule has 0 radical (unpaired) electrons. The van der Waals surface area contributed by atoms with Crippen LogP contribution in [0.1, 0.15) is 11.1 Å². The quantitative estimate of drug-likeness (QED) is 0.384. The Balaban J connectivity index is 1.80. The lowest BCUT2D eigenvalue weighted by molar-refractivity contribution is 0.213. The van der Waals surface area contributed by atoms with E-state index in [1.54, 1.807) is 17.5 Å². The molecule has 2 aromatic heterocycles. The van der Waals surface area contributed by atoms with Gasteiger partial charge in [-0.1, -0.05) is 34.6 Å². The Labute approximate surface area is 160 Å². The fraction of sp³-hybridized carbons (Fsp3) is 0.111. The summed E-state index contributed by atoms with van der Waals surface area (Å²) in [6.45, 7) is 0. The van der Waals surface area contributed by atoms with Crippen LogP contribution in [0.2, 0.25) is 0 Å². The zero-order chi connectivity index (χ0) is 19.2. The molecule has 0 atom stereocenters. The summed E-state index contributed by atoms with van der Waals surface area (Å²) in [7, 11) is 2.90. The highest BCUT2D eigenvalue weighted by molar-refractivity contribution is 7.18. The fourth-order valence-corrected chi connectivity index (χ4v) is 3.20. The van der Waals surface area contributed by atoms with Crippen molar-refractivity contribution < 1.29 is 9.68 Å². The van der Waals surface area contributed by atoms with E-state index in [1.807, 2.05) is 42.6 Å². The Morgan fingerprint density at radius 3 is 2.07 bits per heavy atom. The number of pyridine rings is 1. The summed E-state index contributed by atoms with van der Waals surface area (Å²) in [5.41, 5.74) is 14.8. The van der Waals surface area contributed by atoms with Crippen LogP contribution >= 0.6 is 11.3 Å². The van der Waals surface area contributed by atoms with Crippen LogP contribution in [0.15, 0.2) is 59.1 Å². The predicted molar refractivity (Wildman–Crippen MR) is 106 cm³/mol. The van der Waals surface area contributed by atoms with Crippen molar-refractivity contribution in [1.29, 1.82) is 0 Å². The number of oxime groups is 2. The van der Waals surface area contributed by atoms with Gasteiger partial charge in [-0.05, 0) is 17.7 Å². The summed E-state index contributed by atoms with van der Waals surface area (Å²) in [5, 5.41) is 8.22. The predicted octanol–water partition coefficient (Wildman–Crippen LogP) is 2.41. The number of hydrogen-bond acceptors (Lipinski definition) is 7. The molecule has 0 bridgehead atoms. The van der Waals surface area contributed by atoms with Gasteiger partial charge < -0.3 is 21.1 Å². The average Bonchev–Trinajstić information content (AvgIpc) is 3.19. The first-order valence-electron chi connectivity index (χ1n) is 7.89. The zero-order valence-electron chi connectivity index (χ0n) is 14.8. The van der Waals surface area contributed by atoms with Crippen LogP contribution in [-0.2, 0) is 9.68 Å². The van der Waals surface area contributed by atoms with Crippen LogP contribution in [0.25, 0.3) is 21.1 Å². The van der Waals surface area contributed by atoms with E-state index in [2.05, 4.69) is 30.0 Å². The minimum Gasteiger partial charge on any atom is -0.397 e. The number of amidine groups is 2. The molecule has 1 aromatic carbocycles. The minimum atomic E-state index is 0.271. The number of rotatable bonds is 6. The van der Waals surface area contributed by atoms with E-state index in [0.717, 1.165) is 26.7 Å². The molecule has 2 heterocycles. The molecule has 9 heteroatoms. The van der Waals surface area contributed by atoms with Crippen LogP contribution in [0.5, 0.6) is 0 Å². The second-order valence-corrected chi connectivity index (χ2v) is 6.39. The van der Waals surface area contributed by atoms with Crippen molar-refractivity contribution in [2.45, 2.75) is 0 Å². The summed E-state index contributed by atoms with van der Waals surface area (Å²) in [5.74, 6) is 0.599. The molecule has 0 aliphatic rings. The molecule has 0 saturated carbocycles. The van der Waals surface area contributed by atoms with E-state index in [9.17, 15) is 0 Å². The molecule has 3 rings (SSSR count). The Hall–Kier alpha value is -3.46. The second-order valence-electron chi connectivity index (χ2n) is 5.36. The van der Waals surface area contributed by atoms with Gasteiger partial charge in [-0.25, -0.2) is 4.98 Å². The van der Waals surface area contributed by atoms with Crippen LogP contribution in [0.3, 0.4) is 0 Å². The summed E-state index contributed by atoms with van der Waals surface area (Å²) in [6, 6.07) is 11.4. The van der Waals surface area contributed by atoms with Gasteiger partial charge in [0.2, 0.25) is 0 Å². The van der Waals surface area contributed by atoms with Crippen molar-refractivity contribution in [3.63, 3.8) is 0 Å². The molecule has 0 amide bonds. The van der Waals surface area contributed by atoms with E-state index in [4.69, 9.17) is 11.5 Å². The van der Waals surface area contributed by atoms with E-state index < -0.39 is 0 Å². The highest BCUT2D eigenvalue weighted by Gasteiger charge is 2.09. The maximum Gasteiger partial charge on any atom is 0.171 e. The number of nitrogens with zero attached hydrogens (tertiary/aromatic N) is 4. The maximum atomic E-state index is 5.81. The Morgan fingerprint density at radius 1 is 0.852 bits per heavy atom. The van der Waals surface area contributed by atoms with Crippen molar-refractivity contribution in [1.82, 2.24) is 9.97 Å². The van der Waals surface area contributed by atoms with Crippen molar-refractivity contribution in [2.75, 3.05) is 14.2 Å². The lowest BCUT2D eigenvalue weighted by Gasteiger charge is -2.02. The molecule has 0 aliphatic carbocycles. The van der Waals surface area contributed by atoms with Gasteiger partial charge in [-0.3, -0.25) is 4.98 Å². The third-order valence-electron chi connectivity index (χ3n) is 3.63. The number of hydrogen-bond donors (Lipinski definition) is 2. The van der Waals surface area contributed by atoms with Gasteiger partial charge in [0.25, 0.3) is 0 Å². The first-order valence-corrected chi connectivity index (χ1v) is 8.70. The highest BCUT2D eigenvalue weighted by Crippen LogP contribution is 2.31. The smallest absolute Gasteiger partial charge is 0.171 e. The van der Waals surface area contributed by atoms with Gasteiger partial charge in [0.1, 0.15) is 19.2 Å². The van der Waals surface area contributed by atoms with Crippen molar-refractivity contribution in [2.24, 2.45) is 21.8 Å². The maximum absolute atomic E-state index is 5.81. The molecule has 0 aliphatic heterocycles. The third-order valence-corrected chi connectivity index (χ3v) is 4.70. The molecule has 0 unspecified atom stereocenters. The topological polar surface area (TPSA) is 121 Å². The molecule has 0 fully saturated rings. The fourth-order valence-electron chi connectivity index (χ4n) is 2.31. The molecule has 4 N–H and O–H groups in total. The normalized spacial score (nSPS) is 12.1. The number of aromatic nitrogens is 2. The molecule has 0 spiro atoms. The summed E-state index contributed by atoms with van der Waals surface area (Å²) < 4.78 is 0. The Kier molecular flexibility index (Phi) is 5.62. The van der Waals surface area contributed by atoms with Gasteiger partial charge in [0.05, 0.1) is 10.6 Å². The molecule has 138 valence electrons. The average molecular weight is 382 g/mol. The van der Waals surface area contributed by atoms with Crippen molar-refractivity contribution in [3.8, 4) is 21.1 Å². The summed E-state index contributed by atoms with van der Waals surface area (Å²) in [4.78, 5) is 19.2. The lowest BCUT2D eigenvalue weighted by atomic mass is 10.1. The summed E-state index contributed by atoms with van der Waals surface area (Å²) >= 11 is 1.54. The molecule has 0 saturated heterocycles. The molecule has 3 aromatic rings. The van der Waals surface area contributed by atoms with Gasteiger partial charge >= 0.3 is 0 Å². The number of nitrogens with two attached hydrogens (primary N) is 2. The monoisotopic (exact) mass is 382 g/mol. The van der Waals surface area contributed by atoms with Gasteiger partial charge in [-0.2, -0.15) is 0 Å². The SMILES string of the molecule is CO/N=C(\N)c1ccc(-c2cnc(-c3ccc(/C(N)=N\OC)cn3)s2)cc1. The van der Waals surface area contributed by atoms with E-state index in [1.165, 1.54) is 14.2 Å². The zero-order valence-corrected chi connectivity index (χ0v) is 15.6. The minimum absolute atomic E-state index is 0.271. The summed E-state index contributed by atoms with van der Waals surface area (Å²) in [6.07, 6.45) is 3.46. The second kappa shape index (κ2) is 8.28. The van der Waals surface area contributed by atoms with E-state index >= 15 is 0 Å². The van der Waals surface area contributed by atoms with Crippen LogP contribution in [-0.4, -0.2) is 35.9 Å². The van der Waals surface area contributed by atoms with Gasteiger partial charge in [0.15, 0.2) is 11.7 Å². The number of benzene rings is 1. The largest absolute Gasteiger partial charge is 0.397 e. The first-order chi connectivity index (χ1) is 13.1. The van der Waals surface area contributed by atoms with Gasteiger partial charge in [0, 0.05) is 23.5 Å². The van der Waals surface area contributed by atoms with Crippen LogP contribution in [0.4, 0.5) is 0 Å². The molecular formula is C18H18N6O2S. The highest BCUT2D eigenvalue weighted by atomic mass is 32.1. The van der Waals surface area contributed by atoms with Crippen molar-refractivity contribution in [3.05, 3.63) is 59.9 Å².